The zero-order chi connectivity index (χ0) is 26.0. The molecule has 8 heteroatoms. The summed E-state index contributed by atoms with van der Waals surface area (Å²) in [5, 5.41) is 0.552. The van der Waals surface area contributed by atoms with Crippen LogP contribution in [0.4, 0.5) is 5.13 Å². The van der Waals surface area contributed by atoms with E-state index < -0.39 is 6.04 Å². The van der Waals surface area contributed by atoms with Crippen molar-refractivity contribution in [2.45, 2.75) is 52.2 Å². The van der Waals surface area contributed by atoms with Gasteiger partial charge in [-0.3, -0.25) is 14.5 Å². The highest BCUT2D eigenvalue weighted by molar-refractivity contribution is 7.22. The Labute approximate surface area is 220 Å². The second-order valence-corrected chi connectivity index (χ2v) is 11.4. The van der Waals surface area contributed by atoms with E-state index in [0.717, 1.165) is 46.2 Å². The first kappa shape index (κ1) is 24.0. The molecule has 37 heavy (non-hydrogen) atoms. The minimum atomic E-state index is -0.657. The molecule has 0 N–H and O–H groups in total. The number of Topliss-reactive ketones (excluding diaryl/α,β-unsaturated/α-hetero) is 1. The molecule has 7 nitrogen and oxygen atoms in total. The van der Waals surface area contributed by atoms with Gasteiger partial charge < -0.3 is 14.2 Å². The lowest BCUT2D eigenvalue weighted by molar-refractivity contribution is -0.132. The van der Waals surface area contributed by atoms with Crippen LogP contribution in [0.1, 0.15) is 48.9 Å². The lowest BCUT2D eigenvalue weighted by atomic mass is 9.74. The van der Waals surface area contributed by atoms with Gasteiger partial charge in [0, 0.05) is 0 Å². The highest BCUT2D eigenvalue weighted by Gasteiger charge is 2.53. The Morgan fingerprint density at radius 2 is 1.84 bits per heavy atom. The van der Waals surface area contributed by atoms with E-state index in [2.05, 4.69) is 26.0 Å². The maximum absolute atomic E-state index is 14.1. The zero-order valence-corrected chi connectivity index (χ0v) is 22.5. The van der Waals surface area contributed by atoms with Crippen molar-refractivity contribution in [1.82, 2.24) is 4.98 Å². The van der Waals surface area contributed by atoms with Crippen LogP contribution in [0.25, 0.3) is 10.2 Å². The van der Waals surface area contributed by atoms with E-state index in [4.69, 9.17) is 19.2 Å². The molecule has 1 fully saturated rings. The van der Waals surface area contributed by atoms with Crippen LogP contribution in [0.5, 0.6) is 11.5 Å². The molecule has 0 spiro atoms. The molecular weight excluding hydrogens is 488 g/mol. The number of ketones is 1. The molecule has 2 aromatic carbocycles. The number of aromatic nitrogens is 1. The number of ether oxygens (including phenoxy) is 3. The molecular formula is C29H30N2O5S. The fourth-order valence-corrected chi connectivity index (χ4v) is 7.24. The van der Waals surface area contributed by atoms with Crippen LogP contribution >= 0.6 is 11.3 Å². The Morgan fingerprint density at radius 1 is 1.05 bits per heavy atom. The maximum Gasteiger partial charge on any atom is 0.296 e. The van der Waals surface area contributed by atoms with E-state index in [9.17, 15) is 9.59 Å². The van der Waals surface area contributed by atoms with Crippen LogP contribution in [0.3, 0.4) is 0 Å². The summed E-state index contributed by atoms with van der Waals surface area (Å²) < 4.78 is 18.4. The Bertz CT molecular complexity index is 1470. The minimum Gasteiger partial charge on any atom is -0.493 e. The summed E-state index contributed by atoms with van der Waals surface area (Å²) >= 11 is 1.46. The molecule has 3 aromatic rings. The summed E-state index contributed by atoms with van der Waals surface area (Å²) in [4.78, 5) is 34.6. The molecule has 1 amide bonds. The van der Waals surface area contributed by atoms with Gasteiger partial charge in [-0.15, -0.1) is 0 Å². The fourth-order valence-electron chi connectivity index (χ4n) is 6.07. The van der Waals surface area contributed by atoms with E-state index in [1.807, 2.05) is 19.1 Å². The summed E-state index contributed by atoms with van der Waals surface area (Å²) in [7, 11) is 3.16. The van der Waals surface area contributed by atoms with Crippen molar-refractivity contribution in [2.75, 3.05) is 19.1 Å². The average Bonchev–Trinajstić information content (AvgIpc) is 3.43. The number of anilines is 1. The molecule has 3 heterocycles. The Hall–Kier alpha value is -3.39. The predicted molar refractivity (Wildman–Crippen MR) is 142 cm³/mol. The van der Waals surface area contributed by atoms with Gasteiger partial charge in [0.25, 0.3) is 5.91 Å². The van der Waals surface area contributed by atoms with Gasteiger partial charge in [-0.2, -0.15) is 0 Å². The van der Waals surface area contributed by atoms with Crippen molar-refractivity contribution in [3.05, 3.63) is 58.4 Å². The molecule has 1 aliphatic carbocycles. The molecule has 0 saturated heterocycles. The molecule has 1 saturated carbocycles. The number of nitrogens with zero attached hydrogens (tertiary/aromatic N) is 2. The molecule has 192 valence electrons. The summed E-state index contributed by atoms with van der Waals surface area (Å²) in [5.74, 6) is 1.20. The first-order valence-electron chi connectivity index (χ1n) is 12.7. The van der Waals surface area contributed by atoms with Crippen LogP contribution in [0, 0.1) is 25.7 Å². The number of hydrogen-bond donors (Lipinski definition) is 0. The number of hydrogen-bond acceptors (Lipinski definition) is 7. The normalized spacial score (nSPS) is 25.3. The highest BCUT2D eigenvalue weighted by Crippen LogP contribution is 2.50. The number of rotatable bonds is 4. The standard InChI is InChI=1S/C29H30N2O5S/c1-14-6-8-19-18(11-14)26(32)23-25(17-7-9-20(34-4)21(13-17)35-5)31(28(33)27(23)36-19)29-30-24-16(3)10-15(2)12-22(24)37-29/h7,9-10,12-14,18-19,25H,6,8,11H2,1-5H3. The number of fused-ring (bicyclic) bond motifs is 2. The highest BCUT2D eigenvalue weighted by atomic mass is 32.1. The Balaban J connectivity index is 1.53. The third-order valence-electron chi connectivity index (χ3n) is 7.86. The number of carbonyl (C=O) groups excluding carboxylic acids is 2. The van der Waals surface area contributed by atoms with Crippen molar-refractivity contribution in [3.63, 3.8) is 0 Å². The number of benzene rings is 2. The van der Waals surface area contributed by atoms with Crippen LogP contribution in [0.2, 0.25) is 0 Å². The summed E-state index contributed by atoms with van der Waals surface area (Å²) in [6.07, 6.45) is 2.29. The first-order chi connectivity index (χ1) is 17.8. The van der Waals surface area contributed by atoms with Crippen LogP contribution in [-0.2, 0) is 14.3 Å². The first-order valence-corrected chi connectivity index (χ1v) is 13.5. The smallest absolute Gasteiger partial charge is 0.296 e. The van der Waals surface area contributed by atoms with Crippen molar-refractivity contribution in [1.29, 1.82) is 0 Å². The molecule has 0 bridgehead atoms. The van der Waals surface area contributed by atoms with E-state index in [-0.39, 0.29) is 29.5 Å². The molecule has 1 aromatic heterocycles. The van der Waals surface area contributed by atoms with Crippen LogP contribution < -0.4 is 14.4 Å². The SMILES string of the molecule is COc1ccc(C2C3=C(OC4CCC(C)CC4C3=O)C(=O)N2c2nc3c(C)cc(C)cc3s2)cc1OC. The number of thiazole rings is 1. The molecule has 3 aliphatic rings. The minimum absolute atomic E-state index is 0.0153. The second kappa shape index (κ2) is 8.87. The van der Waals surface area contributed by atoms with Crippen molar-refractivity contribution in [2.24, 2.45) is 11.8 Å². The van der Waals surface area contributed by atoms with Gasteiger partial charge in [-0.25, -0.2) is 4.98 Å². The number of carbonyl (C=O) groups is 2. The quantitative estimate of drug-likeness (QED) is 0.443. The van der Waals surface area contributed by atoms with Gasteiger partial charge >= 0.3 is 0 Å². The average molecular weight is 519 g/mol. The van der Waals surface area contributed by atoms with E-state index in [1.165, 1.54) is 11.3 Å². The van der Waals surface area contributed by atoms with E-state index in [1.54, 1.807) is 25.2 Å². The second-order valence-electron chi connectivity index (χ2n) is 10.4. The molecule has 4 unspecified atom stereocenters. The zero-order valence-electron chi connectivity index (χ0n) is 21.7. The van der Waals surface area contributed by atoms with Gasteiger partial charge in [0.2, 0.25) is 0 Å². The summed E-state index contributed by atoms with van der Waals surface area (Å²) in [6.45, 7) is 6.25. The number of methoxy groups -OCH3 is 2. The number of amides is 1. The van der Waals surface area contributed by atoms with Gasteiger partial charge in [-0.1, -0.05) is 30.4 Å². The van der Waals surface area contributed by atoms with Crippen LogP contribution in [-0.4, -0.2) is 37.0 Å². The predicted octanol–water partition coefficient (Wildman–Crippen LogP) is 5.68. The Morgan fingerprint density at radius 3 is 2.59 bits per heavy atom. The van der Waals surface area contributed by atoms with Crippen LogP contribution in [0.15, 0.2) is 41.7 Å². The van der Waals surface area contributed by atoms with E-state index in [0.29, 0.717) is 28.1 Å². The topological polar surface area (TPSA) is 78.0 Å². The Kier molecular flexibility index (Phi) is 5.75. The third-order valence-corrected chi connectivity index (χ3v) is 8.86. The van der Waals surface area contributed by atoms with Gasteiger partial charge in [-0.05, 0) is 73.9 Å². The van der Waals surface area contributed by atoms with E-state index >= 15 is 0 Å². The van der Waals surface area contributed by atoms with Crippen molar-refractivity contribution in [3.8, 4) is 11.5 Å². The van der Waals surface area contributed by atoms with Gasteiger partial charge in [0.05, 0.1) is 42.0 Å². The largest absolute Gasteiger partial charge is 0.493 e. The summed E-state index contributed by atoms with van der Waals surface area (Å²) in [6, 6.07) is 9.04. The van der Waals surface area contributed by atoms with Gasteiger partial charge in [0.1, 0.15) is 6.10 Å². The monoisotopic (exact) mass is 518 g/mol. The molecule has 4 atom stereocenters. The summed E-state index contributed by atoms with van der Waals surface area (Å²) in [5.41, 5.74) is 4.24. The van der Waals surface area contributed by atoms with Gasteiger partial charge in [0.15, 0.2) is 28.2 Å². The lowest BCUT2D eigenvalue weighted by Gasteiger charge is -2.37. The molecule has 2 aliphatic heterocycles. The number of aryl methyl sites for hydroxylation is 2. The molecule has 0 radical (unpaired) electrons. The fraction of sp³-hybridized carbons (Fsp3) is 0.414. The maximum atomic E-state index is 14.1. The lowest BCUT2D eigenvalue weighted by Crippen LogP contribution is -2.41. The van der Waals surface area contributed by atoms with Crippen molar-refractivity contribution < 1.29 is 23.8 Å². The third kappa shape index (κ3) is 3.72. The van der Waals surface area contributed by atoms with Crippen molar-refractivity contribution >= 4 is 38.4 Å². The molecule has 6 rings (SSSR count).